The van der Waals surface area contributed by atoms with Crippen LogP contribution in [-0.2, 0) is 9.47 Å². The lowest BCUT2D eigenvalue weighted by molar-refractivity contribution is 0.0240. The zero-order valence-corrected chi connectivity index (χ0v) is 22.5. The summed E-state index contributed by atoms with van der Waals surface area (Å²) in [5.74, 6) is 1.15. The fourth-order valence-corrected chi connectivity index (χ4v) is 4.78. The maximum absolute atomic E-state index is 12.8. The van der Waals surface area contributed by atoms with Crippen molar-refractivity contribution in [3.05, 3.63) is 36.0 Å². The van der Waals surface area contributed by atoms with E-state index in [-0.39, 0.29) is 12.7 Å². The van der Waals surface area contributed by atoms with E-state index in [2.05, 4.69) is 15.2 Å². The number of rotatable bonds is 6. The van der Waals surface area contributed by atoms with Gasteiger partial charge in [-0.05, 0) is 64.8 Å². The highest BCUT2D eigenvalue weighted by atomic mass is 16.6. The fraction of sp³-hybridized carbons (Fsp3) is 0.571. The van der Waals surface area contributed by atoms with Crippen molar-refractivity contribution < 1.29 is 19.1 Å². The molecule has 1 aliphatic carbocycles. The zero-order valence-electron chi connectivity index (χ0n) is 22.5. The molecule has 9 heteroatoms. The van der Waals surface area contributed by atoms with Crippen molar-refractivity contribution >= 4 is 23.7 Å². The molecule has 1 saturated heterocycles. The molecule has 200 valence electrons. The Morgan fingerprint density at radius 2 is 1.78 bits per heavy atom. The van der Waals surface area contributed by atoms with Crippen LogP contribution in [0.25, 0.3) is 11.3 Å². The van der Waals surface area contributed by atoms with Gasteiger partial charge in [-0.3, -0.25) is 0 Å². The number of nitrogens with zero attached hydrogens (tertiary/aromatic N) is 4. The molecule has 0 bridgehead atoms. The van der Waals surface area contributed by atoms with Crippen molar-refractivity contribution in [2.45, 2.75) is 71.4 Å². The lowest BCUT2D eigenvalue weighted by Gasteiger charge is -2.36. The van der Waals surface area contributed by atoms with Gasteiger partial charge in [0.1, 0.15) is 17.2 Å². The van der Waals surface area contributed by atoms with E-state index in [1.165, 1.54) is 19.3 Å². The smallest absolute Gasteiger partial charge is 0.410 e. The molecule has 3 heterocycles. The summed E-state index contributed by atoms with van der Waals surface area (Å²) in [7, 11) is 0. The van der Waals surface area contributed by atoms with E-state index in [1.54, 1.807) is 24.1 Å². The molecule has 2 aromatic heterocycles. The number of anilines is 2. The summed E-state index contributed by atoms with van der Waals surface area (Å²) < 4.78 is 10.8. The van der Waals surface area contributed by atoms with Crippen molar-refractivity contribution in [2.24, 2.45) is 0 Å². The van der Waals surface area contributed by atoms with E-state index in [9.17, 15) is 9.59 Å². The summed E-state index contributed by atoms with van der Waals surface area (Å²) in [5.41, 5.74) is 1.28. The summed E-state index contributed by atoms with van der Waals surface area (Å²) in [5, 5.41) is 3.56. The Hall–Kier alpha value is -3.36. The molecule has 9 nitrogen and oxygen atoms in total. The van der Waals surface area contributed by atoms with Gasteiger partial charge in [0.05, 0.1) is 17.9 Å². The summed E-state index contributed by atoms with van der Waals surface area (Å²) >= 11 is 0. The molecular weight excluding hydrogens is 470 g/mol. The number of carbonyl (C=O) groups excluding carboxylic acids is 2. The second-order valence-electron chi connectivity index (χ2n) is 10.6. The lowest BCUT2D eigenvalue weighted by Crippen LogP contribution is -2.50. The van der Waals surface area contributed by atoms with Crippen LogP contribution in [0.15, 0.2) is 30.5 Å². The summed E-state index contributed by atoms with van der Waals surface area (Å²) in [6.07, 6.45) is 7.49. The number of pyridine rings is 2. The first kappa shape index (κ1) is 26.7. The van der Waals surface area contributed by atoms with E-state index in [0.29, 0.717) is 43.5 Å². The topological polar surface area (TPSA) is 96.9 Å². The molecule has 2 aromatic rings. The van der Waals surface area contributed by atoms with Crippen LogP contribution in [0.5, 0.6) is 0 Å². The standard InChI is InChI=1S/C28H39N5O4/c1-5-36-26(34)22-11-12-24(32-15-17-33(18-16-32)27(35)37-28(2,3)4)31-25(22)20-13-14-29-23(19-20)30-21-9-7-6-8-10-21/h11-14,19,21H,5-10,15-18H2,1-4H3,(H,29,30). The molecule has 4 rings (SSSR count). The van der Waals surface area contributed by atoms with E-state index in [1.807, 2.05) is 39.0 Å². The van der Waals surface area contributed by atoms with Crippen LogP contribution in [0, 0.1) is 0 Å². The number of nitrogens with one attached hydrogen (secondary N) is 1. The van der Waals surface area contributed by atoms with Crippen molar-refractivity contribution in [1.82, 2.24) is 14.9 Å². The third kappa shape index (κ3) is 7.11. The molecular formula is C28H39N5O4. The summed E-state index contributed by atoms with van der Waals surface area (Å²) in [4.78, 5) is 38.5. The Bertz CT molecular complexity index is 1090. The van der Waals surface area contributed by atoms with Gasteiger partial charge < -0.3 is 24.6 Å². The number of carbonyl (C=O) groups is 2. The third-order valence-electron chi connectivity index (χ3n) is 6.62. The predicted octanol–water partition coefficient (Wildman–Crippen LogP) is 5.12. The molecule has 0 radical (unpaired) electrons. The van der Waals surface area contributed by atoms with Crippen molar-refractivity contribution in [3.8, 4) is 11.3 Å². The van der Waals surface area contributed by atoms with Gasteiger partial charge in [0.15, 0.2) is 0 Å². The Kier molecular flexibility index (Phi) is 8.51. The Balaban J connectivity index is 1.55. The molecule has 1 saturated carbocycles. The van der Waals surface area contributed by atoms with Crippen LogP contribution in [-0.4, -0.2) is 71.4 Å². The molecule has 1 amide bonds. The minimum Gasteiger partial charge on any atom is -0.462 e. The van der Waals surface area contributed by atoms with Gasteiger partial charge in [0.25, 0.3) is 0 Å². The largest absolute Gasteiger partial charge is 0.462 e. The van der Waals surface area contributed by atoms with Crippen LogP contribution in [0.4, 0.5) is 16.4 Å². The van der Waals surface area contributed by atoms with Crippen molar-refractivity contribution in [1.29, 1.82) is 0 Å². The van der Waals surface area contributed by atoms with Gasteiger partial charge in [-0.25, -0.2) is 19.6 Å². The van der Waals surface area contributed by atoms with Gasteiger partial charge in [0.2, 0.25) is 0 Å². The molecule has 0 spiro atoms. The summed E-state index contributed by atoms with van der Waals surface area (Å²) in [6.45, 7) is 10.0. The number of aromatic nitrogens is 2. The second kappa shape index (κ2) is 11.8. The average molecular weight is 510 g/mol. The molecule has 0 unspecified atom stereocenters. The van der Waals surface area contributed by atoms with Crippen LogP contribution < -0.4 is 10.2 Å². The Morgan fingerprint density at radius 1 is 1.05 bits per heavy atom. The predicted molar refractivity (Wildman–Crippen MR) is 144 cm³/mol. The second-order valence-corrected chi connectivity index (χ2v) is 10.6. The van der Waals surface area contributed by atoms with E-state index < -0.39 is 11.6 Å². The SMILES string of the molecule is CCOC(=O)c1ccc(N2CCN(C(=O)OC(C)(C)C)CC2)nc1-c1ccnc(NC2CCCCC2)c1. The van der Waals surface area contributed by atoms with Gasteiger partial charge >= 0.3 is 12.1 Å². The van der Waals surface area contributed by atoms with Gasteiger partial charge in [0, 0.05) is 44.0 Å². The third-order valence-corrected chi connectivity index (χ3v) is 6.62. The quantitative estimate of drug-likeness (QED) is 0.536. The molecule has 37 heavy (non-hydrogen) atoms. The highest BCUT2D eigenvalue weighted by Crippen LogP contribution is 2.29. The molecule has 2 fully saturated rings. The normalized spacial score (nSPS) is 16.9. The maximum Gasteiger partial charge on any atom is 0.410 e. The highest BCUT2D eigenvalue weighted by molar-refractivity contribution is 5.96. The molecule has 1 aliphatic heterocycles. The van der Waals surface area contributed by atoms with Gasteiger partial charge in [-0.1, -0.05) is 19.3 Å². The highest BCUT2D eigenvalue weighted by Gasteiger charge is 2.27. The maximum atomic E-state index is 12.8. The number of esters is 1. The number of piperazine rings is 1. The van der Waals surface area contributed by atoms with Crippen LogP contribution in [0.3, 0.4) is 0 Å². The van der Waals surface area contributed by atoms with Gasteiger partial charge in [-0.15, -0.1) is 0 Å². The number of hydrogen-bond acceptors (Lipinski definition) is 8. The van der Waals surface area contributed by atoms with Crippen LogP contribution in [0.2, 0.25) is 0 Å². The van der Waals surface area contributed by atoms with E-state index in [0.717, 1.165) is 30.0 Å². The first-order valence-corrected chi connectivity index (χ1v) is 13.4. The van der Waals surface area contributed by atoms with Crippen LogP contribution >= 0.6 is 0 Å². The number of amides is 1. The zero-order chi connectivity index (χ0) is 26.4. The minimum absolute atomic E-state index is 0.289. The first-order valence-electron chi connectivity index (χ1n) is 13.4. The minimum atomic E-state index is -0.525. The Labute approximate surface area is 219 Å². The molecule has 2 aliphatic rings. The van der Waals surface area contributed by atoms with E-state index >= 15 is 0 Å². The fourth-order valence-electron chi connectivity index (χ4n) is 4.78. The number of ether oxygens (including phenoxy) is 2. The van der Waals surface area contributed by atoms with Crippen molar-refractivity contribution in [2.75, 3.05) is 43.0 Å². The lowest BCUT2D eigenvalue weighted by atomic mass is 9.95. The number of hydrogen-bond donors (Lipinski definition) is 1. The van der Waals surface area contributed by atoms with Crippen molar-refractivity contribution in [3.63, 3.8) is 0 Å². The molecule has 0 aromatic carbocycles. The van der Waals surface area contributed by atoms with E-state index in [4.69, 9.17) is 14.5 Å². The monoisotopic (exact) mass is 509 g/mol. The summed E-state index contributed by atoms with van der Waals surface area (Å²) in [6, 6.07) is 7.89. The average Bonchev–Trinajstić information content (AvgIpc) is 2.88. The first-order chi connectivity index (χ1) is 17.7. The molecule has 0 atom stereocenters. The Morgan fingerprint density at radius 3 is 2.46 bits per heavy atom. The van der Waals surface area contributed by atoms with Gasteiger partial charge in [-0.2, -0.15) is 0 Å². The van der Waals surface area contributed by atoms with Crippen LogP contribution in [0.1, 0.15) is 70.2 Å². The molecule has 1 N–H and O–H groups in total.